The van der Waals surface area contributed by atoms with Crippen LogP contribution in [0.4, 0.5) is 10.5 Å². The van der Waals surface area contributed by atoms with Gasteiger partial charge >= 0.3 is 6.03 Å². The van der Waals surface area contributed by atoms with Crippen LogP contribution >= 0.6 is 0 Å². The zero-order valence-electron chi connectivity index (χ0n) is 18.4. The van der Waals surface area contributed by atoms with Crippen LogP contribution in [-0.4, -0.2) is 77.4 Å². The molecule has 2 fully saturated rings. The first-order chi connectivity index (χ1) is 15.0. The average Bonchev–Trinajstić information content (AvgIpc) is 3.15. The van der Waals surface area contributed by atoms with E-state index >= 15 is 0 Å². The van der Waals surface area contributed by atoms with E-state index in [-0.39, 0.29) is 18.5 Å². The highest BCUT2D eigenvalue weighted by Gasteiger charge is 2.32. The number of benzene rings is 1. The second-order valence-electron chi connectivity index (χ2n) is 8.62. The minimum atomic E-state index is -0.0825. The Morgan fingerprint density at radius 1 is 1.00 bits per heavy atom. The fourth-order valence-electron chi connectivity index (χ4n) is 4.18. The number of hydrogen-bond acceptors (Lipinski definition) is 4. The fraction of sp³-hybridized carbons (Fsp3) is 0.458. The molecular weight excluding hydrogens is 390 g/mol. The lowest BCUT2D eigenvalue weighted by Crippen LogP contribution is -2.51. The van der Waals surface area contributed by atoms with Crippen molar-refractivity contribution < 1.29 is 9.59 Å². The number of pyridine rings is 1. The molecule has 3 amide bonds. The number of anilines is 1. The summed E-state index contributed by atoms with van der Waals surface area (Å²) in [7, 11) is 0. The molecule has 7 nitrogen and oxygen atoms in total. The van der Waals surface area contributed by atoms with E-state index in [4.69, 9.17) is 0 Å². The maximum Gasteiger partial charge on any atom is 0.325 e. The highest BCUT2D eigenvalue weighted by Crippen LogP contribution is 2.23. The Morgan fingerprint density at radius 3 is 2.39 bits per heavy atom. The number of hydrogen-bond donors (Lipinski definition) is 0. The molecule has 4 rings (SSSR count). The Morgan fingerprint density at radius 2 is 1.74 bits per heavy atom. The van der Waals surface area contributed by atoms with Gasteiger partial charge in [0.05, 0.1) is 0 Å². The van der Waals surface area contributed by atoms with E-state index in [9.17, 15) is 9.59 Å². The van der Waals surface area contributed by atoms with Gasteiger partial charge in [-0.1, -0.05) is 32.0 Å². The van der Waals surface area contributed by atoms with Crippen LogP contribution in [0.1, 0.15) is 30.9 Å². The van der Waals surface area contributed by atoms with Crippen molar-refractivity contribution in [2.75, 3.05) is 50.7 Å². The fourth-order valence-corrected chi connectivity index (χ4v) is 4.18. The highest BCUT2D eigenvalue weighted by atomic mass is 16.2. The molecule has 1 aromatic carbocycles. The van der Waals surface area contributed by atoms with Crippen LogP contribution in [0.5, 0.6) is 0 Å². The van der Waals surface area contributed by atoms with E-state index in [0.29, 0.717) is 32.1 Å². The molecule has 2 aliphatic heterocycles. The SMILES string of the molecule is CC(C)c1ccc(N2CCN(CC(=O)N3CCN(Cc4cccnc4)CC3)C2=O)cc1. The molecule has 0 aliphatic carbocycles. The van der Waals surface area contributed by atoms with Gasteiger partial charge in [0.15, 0.2) is 0 Å². The molecule has 0 atom stereocenters. The number of carbonyl (C=O) groups is 2. The summed E-state index contributed by atoms with van der Waals surface area (Å²) < 4.78 is 0. The lowest BCUT2D eigenvalue weighted by molar-refractivity contribution is -0.133. The molecule has 164 valence electrons. The van der Waals surface area contributed by atoms with Crippen molar-refractivity contribution >= 4 is 17.6 Å². The third-order valence-electron chi connectivity index (χ3n) is 6.15. The second kappa shape index (κ2) is 9.47. The molecule has 2 aromatic rings. The predicted octanol–water partition coefficient (Wildman–Crippen LogP) is 2.79. The third kappa shape index (κ3) is 5.05. The van der Waals surface area contributed by atoms with Crippen molar-refractivity contribution in [3.05, 3.63) is 59.9 Å². The van der Waals surface area contributed by atoms with Gasteiger partial charge < -0.3 is 9.80 Å². The highest BCUT2D eigenvalue weighted by molar-refractivity contribution is 5.96. The van der Waals surface area contributed by atoms with Crippen molar-refractivity contribution in [1.29, 1.82) is 0 Å². The molecule has 1 aromatic heterocycles. The van der Waals surface area contributed by atoms with Crippen molar-refractivity contribution in [3.63, 3.8) is 0 Å². The first kappa shape index (κ1) is 21.3. The van der Waals surface area contributed by atoms with Crippen molar-refractivity contribution in [1.82, 2.24) is 19.7 Å². The standard InChI is InChI=1S/C24H31N5O2/c1-19(2)21-5-7-22(8-6-21)29-15-14-28(24(29)31)18-23(30)27-12-10-26(11-13-27)17-20-4-3-9-25-16-20/h3-9,16,19H,10-15,17-18H2,1-2H3. The van der Waals surface area contributed by atoms with Crippen LogP contribution in [0.3, 0.4) is 0 Å². The van der Waals surface area contributed by atoms with E-state index in [1.54, 1.807) is 16.0 Å². The topological polar surface area (TPSA) is 60.0 Å². The molecule has 2 saturated heterocycles. The van der Waals surface area contributed by atoms with Crippen LogP contribution in [0.2, 0.25) is 0 Å². The van der Waals surface area contributed by atoms with Gasteiger partial charge in [-0.05, 0) is 35.2 Å². The molecule has 0 saturated carbocycles. The largest absolute Gasteiger partial charge is 0.339 e. The zero-order chi connectivity index (χ0) is 21.8. The second-order valence-corrected chi connectivity index (χ2v) is 8.62. The molecule has 0 N–H and O–H groups in total. The van der Waals surface area contributed by atoms with Gasteiger partial charge in [-0.15, -0.1) is 0 Å². The van der Waals surface area contributed by atoms with Crippen LogP contribution in [-0.2, 0) is 11.3 Å². The molecule has 31 heavy (non-hydrogen) atoms. The van der Waals surface area contributed by atoms with Crippen LogP contribution in [0.15, 0.2) is 48.8 Å². The third-order valence-corrected chi connectivity index (χ3v) is 6.15. The Balaban J connectivity index is 1.27. The number of amides is 3. The van der Waals surface area contributed by atoms with Crippen molar-refractivity contribution in [3.8, 4) is 0 Å². The number of carbonyl (C=O) groups excluding carboxylic acids is 2. The van der Waals surface area contributed by atoms with Crippen LogP contribution < -0.4 is 4.90 Å². The predicted molar refractivity (Wildman–Crippen MR) is 121 cm³/mol. The van der Waals surface area contributed by atoms with Gasteiger partial charge in [0, 0.05) is 63.9 Å². The first-order valence-corrected chi connectivity index (χ1v) is 11.1. The van der Waals surface area contributed by atoms with Crippen LogP contribution in [0.25, 0.3) is 0 Å². The molecular formula is C24H31N5O2. The Bertz CT molecular complexity index is 892. The lowest BCUT2D eigenvalue weighted by Gasteiger charge is -2.35. The lowest BCUT2D eigenvalue weighted by atomic mass is 10.0. The molecule has 2 aliphatic rings. The van der Waals surface area contributed by atoms with E-state index in [2.05, 4.69) is 41.9 Å². The van der Waals surface area contributed by atoms with Crippen molar-refractivity contribution in [2.24, 2.45) is 0 Å². The summed E-state index contributed by atoms with van der Waals surface area (Å²) in [5, 5.41) is 0. The minimum absolute atomic E-state index is 0.0337. The number of rotatable bonds is 6. The summed E-state index contributed by atoms with van der Waals surface area (Å²) in [6, 6.07) is 12.1. The van der Waals surface area contributed by atoms with Gasteiger partial charge in [0.2, 0.25) is 5.91 Å². The van der Waals surface area contributed by atoms with Gasteiger partial charge in [0.25, 0.3) is 0 Å². The normalized spacial score (nSPS) is 17.6. The van der Waals surface area contributed by atoms with Crippen molar-refractivity contribution in [2.45, 2.75) is 26.3 Å². The molecule has 0 spiro atoms. The minimum Gasteiger partial charge on any atom is -0.339 e. The van der Waals surface area contributed by atoms with E-state index < -0.39 is 0 Å². The number of aromatic nitrogens is 1. The molecule has 3 heterocycles. The maximum absolute atomic E-state index is 12.9. The molecule has 0 unspecified atom stereocenters. The average molecular weight is 422 g/mol. The quantitative estimate of drug-likeness (QED) is 0.720. The summed E-state index contributed by atoms with van der Waals surface area (Å²) in [5.41, 5.74) is 3.34. The monoisotopic (exact) mass is 421 g/mol. The summed E-state index contributed by atoms with van der Waals surface area (Å²) in [6.45, 7) is 9.58. The summed E-state index contributed by atoms with van der Waals surface area (Å²) in [6.07, 6.45) is 3.67. The smallest absolute Gasteiger partial charge is 0.325 e. The first-order valence-electron chi connectivity index (χ1n) is 11.1. The van der Waals surface area contributed by atoms with E-state index in [0.717, 1.165) is 25.3 Å². The van der Waals surface area contributed by atoms with Gasteiger partial charge in [0.1, 0.15) is 6.54 Å². The molecule has 7 heteroatoms. The Labute approximate surface area is 184 Å². The molecule has 0 bridgehead atoms. The van der Waals surface area contributed by atoms with Crippen LogP contribution in [0, 0.1) is 0 Å². The van der Waals surface area contributed by atoms with E-state index in [1.165, 1.54) is 11.1 Å². The van der Waals surface area contributed by atoms with Gasteiger partial charge in [-0.2, -0.15) is 0 Å². The summed E-state index contributed by atoms with van der Waals surface area (Å²) in [5.74, 6) is 0.494. The summed E-state index contributed by atoms with van der Waals surface area (Å²) >= 11 is 0. The molecule has 0 radical (unpaired) electrons. The summed E-state index contributed by atoms with van der Waals surface area (Å²) in [4.78, 5) is 37.5. The Hall–Kier alpha value is -2.93. The van der Waals surface area contributed by atoms with E-state index in [1.807, 2.05) is 29.3 Å². The zero-order valence-corrected chi connectivity index (χ0v) is 18.4. The van der Waals surface area contributed by atoms with Gasteiger partial charge in [-0.3, -0.25) is 19.6 Å². The van der Waals surface area contributed by atoms with Gasteiger partial charge in [-0.25, -0.2) is 4.79 Å². The Kier molecular flexibility index (Phi) is 6.51. The number of piperazine rings is 1. The number of urea groups is 1. The maximum atomic E-state index is 12.9. The number of nitrogens with zero attached hydrogens (tertiary/aromatic N) is 5.